The topological polar surface area (TPSA) is 114 Å². The zero-order valence-electron chi connectivity index (χ0n) is 13.8. The van der Waals surface area contributed by atoms with Gasteiger partial charge in [0.2, 0.25) is 0 Å². The molecule has 0 aliphatic rings. The Labute approximate surface area is 144 Å². The van der Waals surface area contributed by atoms with Crippen molar-refractivity contribution in [3.05, 3.63) is 64.7 Å². The van der Waals surface area contributed by atoms with Crippen molar-refractivity contribution in [2.24, 2.45) is 0 Å². The van der Waals surface area contributed by atoms with Gasteiger partial charge in [-0.1, -0.05) is 12.1 Å². The number of carbonyl (C=O) groups excluding carboxylic acids is 1. The molecule has 2 rings (SSSR count). The van der Waals surface area contributed by atoms with Gasteiger partial charge in [0.1, 0.15) is 5.71 Å². The number of nitro groups is 1. The molecule has 0 fully saturated rings. The molecule has 1 amide bonds. The van der Waals surface area contributed by atoms with Crippen LogP contribution in [-0.2, 0) is 11.3 Å². The first-order valence-corrected chi connectivity index (χ1v) is 7.73. The zero-order valence-corrected chi connectivity index (χ0v) is 13.8. The van der Waals surface area contributed by atoms with E-state index in [1.54, 1.807) is 37.6 Å². The summed E-state index contributed by atoms with van der Waals surface area (Å²) in [6, 6.07) is 6.25. The maximum Gasteiger partial charge on any atom is 0.276 e. The number of amides is 1. The summed E-state index contributed by atoms with van der Waals surface area (Å²) < 4.78 is 1.90. The fraction of sp³-hybridized carbons (Fsp3) is 0.235. The molecule has 8 heteroatoms. The van der Waals surface area contributed by atoms with Gasteiger partial charge < -0.3 is 9.88 Å². The van der Waals surface area contributed by atoms with Crippen LogP contribution in [0, 0.1) is 15.5 Å². The minimum absolute atomic E-state index is 0.0511. The first kappa shape index (κ1) is 18.1. The summed E-state index contributed by atoms with van der Waals surface area (Å²) in [5, 5.41) is 21.6. The van der Waals surface area contributed by atoms with E-state index in [0.717, 1.165) is 6.54 Å². The van der Waals surface area contributed by atoms with Crippen molar-refractivity contribution in [3.8, 4) is 0 Å². The first-order chi connectivity index (χ1) is 12.0. The minimum Gasteiger partial charge on any atom is -0.351 e. The van der Waals surface area contributed by atoms with E-state index in [-0.39, 0.29) is 11.4 Å². The number of nitrogens with zero attached hydrogens (tertiary/aromatic N) is 3. The van der Waals surface area contributed by atoms with Crippen molar-refractivity contribution in [2.45, 2.75) is 19.9 Å². The smallest absolute Gasteiger partial charge is 0.276 e. The molecule has 1 aromatic heterocycles. The van der Waals surface area contributed by atoms with E-state index in [2.05, 4.69) is 10.3 Å². The molecule has 2 aromatic rings. The minimum atomic E-state index is -0.511. The Morgan fingerprint density at radius 3 is 2.88 bits per heavy atom. The Morgan fingerprint density at radius 1 is 1.44 bits per heavy atom. The summed E-state index contributed by atoms with van der Waals surface area (Å²) >= 11 is 0. The Bertz CT molecular complexity index is 796. The molecular formula is C17H19N5O3. The zero-order chi connectivity index (χ0) is 18.2. The van der Waals surface area contributed by atoms with Crippen molar-refractivity contribution in [1.29, 1.82) is 5.41 Å². The standard InChI is InChI=1S/C17H19N5O3/c1-13(14-5-2-3-6-16(14)22(24)25)11-15(18)17(23)20-7-4-9-21-10-8-19-12-21/h2-3,5-6,8,10-12,18H,4,7,9H2,1H3,(H,20,23)/b13-11+,18-15?. The van der Waals surface area contributed by atoms with Crippen LogP contribution >= 0.6 is 0 Å². The summed E-state index contributed by atoms with van der Waals surface area (Å²) in [4.78, 5) is 26.5. The average Bonchev–Trinajstić information content (AvgIpc) is 3.11. The number of nitrogens with one attached hydrogen (secondary N) is 2. The highest BCUT2D eigenvalue weighted by atomic mass is 16.6. The van der Waals surface area contributed by atoms with Gasteiger partial charge in [-0.3, -0.25) is 20.3 Å². The molecule has 25 heavy (non-hydrogen) atoms. The molecule has 1 heterocycles. The second-order valence-corrected chi connectivity index (χ2v) is 5.43. The molecule has 0 saturated carbocycles. The highest BCUT2D eigenvalue weighted by Gasteiger charge is 2.15. The Balaban J connectivity index is 1.92. The van der Waals surface area contributed by atoms with E-state index in [9.17, 15) is 14.9 Å². The summed E-state index contributed by atoms with van der Waals surface area (Å²) in [6.07, 6.45) is 7.27. The molecule has 0 atom stereocenters. The number of hydrogen-bond acceptors (Lipinski definition) is 5. The van der Waals surface area contributed by atoms with Gasteiger partial charge in [-0.05, 0) is 31.1 Å². The van der Waals surface area contributed by atoms with E-state index >= 15 is 0 Å². The predicted molar refractivity (Wildman–Crippen MR) is 94.3 cm³/mol. The third-order valence-corrected chi connectivity index (χ3v) is 3.57. The van der Waals surface area contributed by atoms with Gasteiger partial charge in [-0.2, -0.15) is 0 Å². The quantitative estimate of drug-likeness (QED) is 0.332. The normalized spacial score (nSPS) is 11.2. The summed E-state index contributed by atoms with van der Waals surface area (Å²) in [6.45, 7) is 2.79. The highest BCUT2D eigenvalue weighted by molar-refractivity contribution is 6.43. The fourth-order valence-corrected chi connectivity index (χ4v) is 2.30. The second kappa shape index (κ2) is 8.53. The lowest BCUT2D eigenvalue weighted by atomic mass is 10.0. The molecule has 130 valence electrons. The SMILES string of the molecule is C/C(=C\C(=N)C(=O)NCCCn1ccnc1)c1ccccc1[N+](=O)[O-]. The number of hydrogen-bond donors (Lipinski definition) is 2. The largest absolute Gasteiger partial charge is 0.351 e. The molecule has 2 N–H and O–H groups in total. The molecule has 0 saturated heterocycles. The lowest BCUT2D eigenvalue weighted by molar-refractivity contribution is -0.385. The number of benzene rings is 1. The van der Waals surface area contributed by atoms with Gasteiger partial charge >= 0.3 is 0 Å². The van der Waals surface area contributed by atoms with Gasteiger partial charge in [0, 0.05) is 31.5 Å². The van der Waals surface area contributed by atoms with Crippen LogP contribution in [0.4, 0.5) is 5.69 Å². The van der Waals surface area contributed by atoms with Gasteiger partial charge in [-0.15, -0.1) is 0 Å². The van der Waals surface area contributed by atoms with E-state index < -0.39 is 10.8 Å². The maximum absolute atomic E-state index is 12.0. The molecule has 8 nitrogen and oxygen atoms in total. The number of nitro benzene ring substituents is 1. The van der Waals surface area contributed by atoms with Crippen molar-refractivity contribution in [2.75, 3.05) is 6.54 Å². The number of para-hydroxylation sites is 1. The van der Waals surface area contributed by atoms with Crippen molar-refractivity contribution in [3.63, 3.8) is 0 Å². The van der Waals surface area contributed by atoms with Crippen molar-refractivity contribution < 1.29 is 9.72 Å². The Kier molecular flexibility index (Phi) is 6.16. The number of aryl methyl sites for hydroxylation is 1. The van der Waals surface area contributed by atoms with Crippen LogP contribution < -0.4 is 5.32 Å². The van der Waals surface area contributed by atoms with E-state index in [1.807, 2.05) is 10.8 Å². The van der Waals surface area contributed by atoms with Crippen molar-refractivity contribution >= 4 is 22.9 Å². The summed E-state index contributed by atoms with van der Waals surface area (Å²) in [5.41, 5.74) is 0.596. The monoisotopic (exact) mass is 341 g/mol. The van der Waals surface area contributed by atoms with Crippen LogP contribution in [0.15, 0.2) is 49.1 Å². The number of rotatable bonds is 8. The van der Waals surface area contributed by atoms with E-state index in [0.29, 0.717) is 24.1 Å². The second-order valence-electron chi connectivity index (χ2n) is 5.43. The number of allylic oxidation sites excluding steroid dienone is 1. The van der Waals surface area contributed by atoms with Crippen LogP contribution in [0.2, 0.25) is 0 Å². The van der Waals surface area contributed by atoms with Gasteiger partial charge in [-0.25, -0.2) is 4.98 Å². The molecule has 0 spiro atoms. The number of aromatic nitrogens is 2. The van der Waals surface area contributed by atoms with E-state index in [4.69, 9.17) is 5.41 Å². The molecule has 0 unspecified atom stereocenters. The van der Waals surface area contributed by atoms with Gasteiger partial charge in [0.05, 0.1) is 16.8 Å². The number of imidazole rings is 1. The van der Waals surface area contributed by atoms with Crippen molar-refractivity contribution in [1.82, 2.24) is 14.9 Å². The Morgan fingerprint density at radius 2 is 2.20 bits per heavy atom. The lowest BCUT2D eigenvalue weighted by Gasteiger charge is -2.06. The van der Waals surface area contributed by atoms with Crippen LogP contribution in [-0.4, -0.2) is 32.6 Å². The predicted octanol–water partition coefficient (Wildman–Crippen LogP) is 2.42. The molecule has 1 aromatic carbocycles. The molecular weight excluding hydrogens is 322 g/mol. The van der Waals surface area contributed by atoms with Crippen LogP contribution in [0.1, 0.15) is 18.9 Å². The van der Waals surface area contributed by atoms with E-state index in [1.165, 1.54) is 12.1 Å². The average molecular weight is 341 g/mol. The van der Waals surface area contributed by atoms with Crippen LogP contribution in [0.25, 0.3) is 5.57 Å². The molecule has 0 aliphatic carbocycles. The molecule has 0 aliphatic heterocycles. The highest BCUT2D eigenvalue weighted by Crippen LogP contribution is 2.25. The Hall–Kier alpha value is -3.29. The fourth-order valence-electron chi connectivity index (χ4n) is 2.30. The molecule has 0 radical (unpaired) electrons. The van der Waals surface area contributed by atoms with Gasteiger partial charge in [0.15, 0.2) is 0 Å². The third kappa shape index (κ3) is 5.10. The van der Waals surface area contributed by atoms with Gasteiger partial charge in [0.25, 0.3) is 11.6 Å². The lowest BCUT2D eigenvalue weighted by Crippen LogP contribution is -2.30. The summed E-state index contributed by atoms with van der Waals surface area (Å²) in [5.74, 6) is -0.511. The summed E-state index contributed by atoms with van der Waals surface area (Å²) in [7, 11) is 0. The number of carbonyl (C=O) groups is 1. The first-order valence-electron chi connectivity index (χ1n) is 7.73. The maximum atomic E-state index is 12.0. The molecule has 0 bridgehead atoms. The third-order valence-electron chi connectivity index (χ3n) is 3.57. The van der Waals surface area contributed by atoms with Crippen LogP contribution in [0.3, 0.4) is 0 Å². The van der Waals surface area contributed by atoms with Crippen LogP contribution in [0.5, 0.6) is 0 Å².